The topological polar surface area (TPSA) is 43.1 Å². The molecule has 0 saturated heterocycles. The second-order valence-electron chi connectivity index (χ2n) is 1.67. The fraction of sp³-hybridized carbons (Fsp3) is 0. The fourth-order valence-electron chi connectivity index (χ4n) is 0.436. The van der Waals surface area contributed by atoms with E-state index in [2.05, 4.69) is 13.2 Å². The number of hydrogen-bond donors (Lipinski definition) is 0. The standard InChI is InChI=1S/C8H9NO2/c1-3-5-6-7-8(4-2)9(10)11/h3-7H,1-2H2/b6-5-,8-7+. The van der Waals surface area contributed by atoms with E-state index in [1.54, 1.807) is 6.08 Å². The number of rotatable bonds is 4. The van der Waals surface area contributed by atoms with Crippen molar-refractivity contribution in [2.45, 2.75) is 0 Å². The van der Waals surface area contributed by atoms with E-state index >= 15 is 0 Å². The van der Waals surface area contributed by atoms with E-state index in [0.29, 0.717) is 0 Å². The summed E-state index contributed by atoms with van der Waals surface area (Å²) in [6, 6.07) is 0. The number of nitro groups is 1. The Bertz CT molecular complexity index is 226. The van der Waals surface area contributed by atoms with Crippen LogP contribution in [0.5, 0.6) is 0 Å². The highest BCUT2D eigenvalue weighted by Gasteiger charge is 2.00. The fourth-order valence-corrected chi connectivity index (χ4v) is 0.436. The van der Waals surface area contributed by atoms with Crippen molar-refractivity contribution in [2.75, 3.05) is 0 Å². The molecule has 0 spiro atoms. The number of allylic oxidation sites excluding steroid dienone is 5. The second kappa shape index (κ2) is 5.17. The Morgan fingerprint density at radius 2 is 2.00 bits per heavy atom. The zero-order valence-corrected chi connectivity index (χ0v) is 6.06. The normalized spacial score (nSPS) is 11.5. The van der Waals surface area contributed by atoms with E-state index in [0.717, 1.165) is 0 Å². The van der Waals surface area contributed by atoms with Crippen LogP contribution in [0.2, 0.25) is 0 Å². The molecule has 0 aliphatic heterocycles. The minimum atomic E-state index is -0.500. The Kier molecular flexibility index (Phi) is 4.40. The lowest BCUT2D eigenvalue weighted by molar-refractivity contribution is -0.418. The molecule has 0 rings (SSSR count). The van der Waals surface area contributed by atoms with E-state index in [1.807, 2.05) is 0 Å². The maximum absolute atomic E-state index is 10.1. The van der Waals surface area contributed by atoms with Crippen LogP contribution in [-0.2, 0) is 0 Å². The van der Waals surface area contributed by atoms with Gasteiger partial charge in [-0.2, -0.15) is 0 Å². The Morgan fingerprint density at radius 3 is 2.36 bits per heavy atom. The van der Waals surface area contributed by atoms with Gasteiger partial charge in [0.15, 0.2) is 0 Å². The molecule has 0 aromatic rings. The van der Waals surface area contributed by atoms with Crippen molar-refractivity contribution < 1.29 is 4.92 Å². The van der Waals surface area contributed by atoms with Gasteiger partial charge in [0.1, 0.15) is 0 Å². The van der Waals surface area contributed by atoms with Gasteiger partial charge in [-0.25, -0.2) is 0 Å². The molecule has 0 heterocycles. The van der Waals surface area contributed by atoms with Crippen molar-refractivity contribution in [3.63, 3.8) is 0 Å². The van der Waals surface area contributed by atoms with Crippen LogP contribution in [-0.4, -0.2) is 4.92 Å². The molecule has 0 unspecified atom stereocenters. The summed E-state index contributed by atoms with van der Waals surface area (Å²) in [4.78, 5) is 9.63. The SMILES string of the molecule is C=C/C=C\C=C(/C=C)[N+](=O)[O-]. The molecule has 0 amide bonds. The highest BCUT2D eigenvalue weighted by Crippen LogP contribution is 1.96. The van der Waals surface area contributed by atoms with E-state index in [1.165, 1.54) is 24.3 Å². The van der Waals surface area contributed by atoms with Gasteiger partial charge in [-0.05, 0) is 0 Å². The minimum Gasteiger partial charge on any atom is -0.258 e. The zero-order valence-electron chi connectivity index (χ0n) is 6.06. The molecule has 0 aromatic carbocycles. The van der Waals surface area contributed by atoms with Crippen molar-refractivity contribution in [3.05, 3.63) is 59.3 Å². The van der Waals surface area contributed by atoms with Crippen LogP contribution in [0.4, 0.5) is 0 Å². The molecule has 0 aliphatic rings. The van der Waals surface area contributed by atoms with Crippen LogP contribution in [0.15, 0.2) is 49.2 Å². The maximum Gasteiger partial charge on any atom is 0.268 e. The molecule has 0 bridgehead atoms. The molecular formula is C8H9NO2. The van der Waals surface area contributed by atoms with Crippen molar-refractivity contribution >= 4 is 0 Å². The van der Waals surface area contributed by atoms with Crippen LogP contribution < -0.4 is 0 Å². The molecule has 0 fully saturated rings. The highest BCUT2D eigenvalue weighted by atomic mass is 16.6. The summed E-state index contributed by atoms with van der Waals surface area (Å²) in [5, 5.41) is 10.1. The third kappa shape index (κ3) is 3.86. The first-order chi connectivity index (χ1) is 5.22. The van der Waals surface area contributed by atoms with Crippen LogP contribution in [0.25, 0.3) is 0 Å². The lowest BCUT2D eigenvalue weighted by atomic mass is 10.3. The first kappa shape index (κ1) is 9.36. The van der Waals surface area contributed by atoms with Gasteiger partial charge < -0.3 is 0 Å². The third-order valence-corrected chi connectivity index (χ3v) is 0.934. The van der Waals surface area contributed by atoms with Crippen LogP contribution in [0, 0.1) is 10.1 Å². The Morgan fingerprint density at radius 1 is 1.36 bits per heavy atom. The van der Waals surface area contributed by atoms with Gasteiger partial charge in [-0.1, -0.05) is 31.4 Å². The van der Waals surface area contributed by atoms with Gasteiger partial charge in [0.2, 0.25) is 0 Å². The smallest absolute Gasteiger partial charge is 0.258 e. The maximum atomic E-state index is 10.1. The molecule has 3 nitrogen and oxygen atoms in total. The summed E-state index contributed by atoms with van der Waals surface area (Å²) in [6.45, 7) is 6.71. The molecular weight excluding hydrogens is 142 g/mol. The molecule has 0 atom stereocenters. The molecule has 0 saturated carbocycles. The Balaban J connectivity index is 4.35. The van der Waals surface area contributed by atoms with Gasteiger partial charge in [0, 0.05) is 12.2 Å². The van der Waals surface area contributed by atoms with Gasteiger partial charge in [-0.15, -0.1) is 0 Å². The molecule has 11 heavy (non-hydrogen) atoms. The van der Waals surface area contributed by atoms with Crippen molar-refractivity contribution in [3.8, 4) is 0 Å². The first-order valence-corrected chi connectivity index (χ1v) is 2.98. The molecule has 58 valence electrons. The summed E-state index contributed by atoms with van der Waals surface area (Å²) < 4.78 is 0. The summed E-state index contributed by atoms with van der Waals surface area (Å²) >= 11 is 0. The Labute approximate surface area is 65.2 Å². The van der Waals surface area contributed by atoms with Crippen LogP contribution >= 0.6 is 0 Å². The monoisotopic (exact) mass is 151 g/mol. The molecule has 0 N–H and O–H groups in total. The summed E-state index contributed by atoms with van der Waals surface area (Å²) in [5.41, 5.74) is -0.0249. The number of hydrogen-bond acceptors (Lipinski definition) is 2. The van der Waals surface area contributed by atoms with Gasteiger partial charge >= 0.3 is 0 Å². The quantitative estimate of drug-likeness (QED) is 0.350. The average molecular weight is 151 g/mol. The van der Waals surface area contributed by atoms with Gasteiger partial charge in [0.05, 0.1) is 4.92 Å². The number of nitrogens with zero attached hydrogens (tertiary/aromatic N) is 1. The molecule has 3 heteroatoms. The lowest BCUT2D eigenvalue weighted by Crippen LogP contribution is -1.93. The van der Waals surface area contributed by atoms with Crippen LogP contribution in [0.3, 0.4) is 0 Å². The van der Waals surface area contributed by atoms with Crippen molar-refractivity contribution in [1.29, 1.82) is 0 Å². The molecule has 0 radical (unpaired) electrons. The van der Waals surface area contributed by atoms with E-state index in [4.69, 9.17) is 0 Å². The predicted molar refractivity (Wildman–Crippen MR) is 44.6 cm³/mol. The van der Waals surface area contributed by atoms with E-state index in [9.17, 15) is 10.1 Å². The summed E-state index contributed by atoms with van der Waals surface area (Å²) in [6.07, 6.45) is 7.22. The van der Waals surface area contributed by atoms with E-state index in [-0.39, 0.29) is 5.70 Å². The van der Waals surface area contributed by atoms with Gasteiger partial charge in [0.25, 0.3) is 5.70 Å². The van der Waals surface area contributed by atoms with Crippen LogP contribution in [0.1, 0.15) is 0 Å². The average Bonchev–Trinajstić information content (AvgIpc) is 1.97. The molecule has 0 aliphatic carbocycles. The van der Waals surface area contributed by atoms with Crippen molar-refractivity contribution in [2.24, 2.45) is 0 Å². The second-order valence-corrected chi connectivity index (χ2v) is 1.67. The van der Waals surface area contributed by atoms with Crippen molar-refractivity contribution in [1.82, 2.24) is 0 Å². The minimum absolute atomic E-state index is 0.0249. The highest BCUT2D eigenvalue weighted by molar-refractivity contribution is 5.17. The summed E-state index contributed by atoms with van der Waals surface area (Å²) in [5.74, 6) is 0. The third-order valence-electron chi connectivity index (χ3n) is 0.934. The predicted octanol–water partition coefficient (Wildman–Crippen LogP) is 2.08. The first-order valence-electron chi connectivity index (χ1n) is 2.98. The lowest BCUT2D eigenvalue weighted by Gasteiger charge is -1.85. The summed E-state index contributed by atoms with van der Waals surface area (Å²) in [7, 11) is 0. The molecule has 0 aromatic heterocycles. The van der Waals surface area contributed by atoms with Gasteiger partial charge in [-0.3, -0.25) is 10.1 Å². The zero-order chi connectivity index (χ0) is 8.69. The largest absolute Gasteiger partial charge is 0.268 e. The van der Waals surface area contributed by atoms with E-state index < -0.39 is 4.92 Å². The Hall–Kier alpha value is -1.64.